The van der Waals surface area contributed by atoms with Gasteiger partial charge in [0.1, 0.15) is 0 Å². The Balaban J connectivity index is 3.21. The molecule has 1 rings (SSSR count). The third-order valence-corrected chi connectivity index (χ3v) is 2.00. The molecule has 1 N–H and O–H groups in total. The summed E-state index contributed by atoms with van der Waals surface area (Å²) in [6.45, 7) is 1.08. The lowest BCUT2D eigenvalue weighted by Crippen LogP contribution is -1.98. The van der Waals surface area contributed by atoms with Crippen LogP contribution in [0, 0.1) is 15.0 Å². The molecule has 0 aliphatic rings. The van der Waals surface area contributed by atoms with Gasteiger partial charge in [-0.1, -0.05) is 0 Å². The first-order chi connectivity index (χ1) is 7.97. The number of benzene rings is 1. The molecule has 1 aromatic carbocycles. The van der Waals surface area contributed by atoms with E-state index >= 15 is 0 Å². The van der Waals surface area contributed by atoms with Crippen molar-refractivity contribution in [3.05, 3.63) is 50.5 Å². The van der Waals surface area contributed by atoms with Crippen molar-refractivity contribution in [3.63, 3.8) is 0 Å². The maximum Gasteiger partial charge on any atom is 0.269 e. The van der Waals surface area contributed by atoms with Crippen LogP contribution in [0.5, 0.6) is 0 Å². The highest BCUT2D eigenvalue weighted by Crippen LogP contribution is 2.20. The summed E-state index contributed by atoms with van der Waals surface area (Å²) in [5.74, 6) is -1.28. The third-order valence-electron chi connectivity index (χ3n) is 2.00. The molecule has 0 unspecified atom stereocenters. The predicted molar refractivity (Wildman–Crippen MR) is 59.1 cm³/mol. The first-order valence-electron chi connectivity index (χ1n) is 4.49. The summed E-state index contributed by atoms with van der Waals surface area (Å²) in [6, 6.07) is 4.74. The summed E-state index contributed by atoms with van der Waals surface area (Å²) in [7, 11) is 0. The zero-order valence-electron chi connectivity index (χ0n) is 8.78. The molecule has 0 heterocycles. The van der Waals surface area contributed by atoms with E-state index in [4.69, 9.17) is 0 Å². The summed E-state index contributed by atoms with van der Waals surface area (Å²) in [5.41, 5.74) is -0.663. The SMILES string of the molecule is CC(=O)/C(N=O)=C(\O)c1ccc([N+](=O)[O-])cc1. The predicted octanol–water partition coefficient (Wildman–Crippen LogP) is 2.18. The van der Waals surface area contributed by atoms with Crippen LogP contribution in [-0.4, -0.2) is 15.8 Å². The molecule has 0 radical (unpaired) electrons. The van der Waals surface area contributed by atoms with E-state index in [0.29, 0.717) is 0 Å². The number of rotatable bonds is 4. The van der Waals surface area contributed by atoms with Crippen molar-refractivity contribution in [1.29, 1.82) is 0 Å². The average Bonchev–Trinajstić information content (AvgIpc) is 2.29. The summed E-state index contributed by atoms with van der Waals surface area (Å²) < 4.78 is 0. The number of aliphatic hydroxyl groups is 1. The molecule has 0 fully saturated rings. The van der Waals surface area contributed by atoms with Crippen LogP contribution in [0.4, 0.5) is 5.69 Å². The van der Waals surface area contributed by atoms with Crippen molar-refractivity contribution >= 4 is 17.2 Å². The minimum atomic E-state index is -0.684. The van der Waals surface area contributed by atoms with Crippen molar-refractivity contribution in [2.45, 2.75) is 6.92 Å². The van der Waals surface area contributed by atoms with Crippen molar-refractivity contribution in [2.75, 3.05) is 0 Å². The largest absolute Gasteiger partial charge is 0.505 e. The maximum atomic E-state index is 10.9. The van der Waals surface area contributed by atoms with Gasteiger partial charge >= 0.3 is 0 Å². The highest BCUT2D eigenvalue weighted by Gasteiger charge is 2.14. The molecule has 7 nitrogen and oxygen atoms in total. The first-order valence-corrected chi connectivity index (χ1v) is 4.49. The molecule has 0 saturated carbocycles. The Morgan fingerprint density at radius 1 is 1.35 bits per heavy atom. The number of hydrogen-bond acceptors (Lipinski definition) is 6. The monoisotopic (exact) mass is 236 g/mol. The van der Waals surface area contributed by atoms with Crippen LogP contribution in [0.25, 0.3) is 5.76 Å². The first kappa shape index (κ1) is 12.5. The number of allylic oxidation sites excluding steroid dienone is 1. The Hall–Kier alpha value is -2.57. The molecule has 0 aliphatic carbocycles. The van der Waals surface area contributed by atoms with Gasteiger partial charge in [-0.3, -0.25) is 14.9 Å². The number of nitro benzene ring substituents is 1. The van der Waals surface area contributed by atoms with Gasteiger partial charge in [0, 0.05) is 24.6 Å². The number of nitroso groups, excluding NO2 is 1. The second-order valence-electron chi connectivity index (χ2n) is 3.15. The Morgan fingerprint density at radius 3 is 2.24 bits per heavy atom. The number of non-ortho nitro benzene ring substituents is 1. The Morgan fingerprint density at radius 2 is 1.88 bits per heavy atom. The number of aliphatic hydroxyl groups excluding tert-OH is 1. The standard InChI is InChI=1S/C10H8N2O5/c1-6(13)9(11-15)10(14)7-2-4-8(5-3-7)12(16)17/h2-5,14H,1H3/b10-9+. The minimum absolute atomic E-state index is 0.111. The Kier molecular flexibility index (Phi) is 3.66. The molecule has 0 aromatic heterocycles. The van der Waals surface area contributed by atoms with Crippen LogP contribution < -0.4 is 0 Å². The topological polar surface area (TPSA) is 110 Å². The molecule has 0 amide bonds. The maximum absolute atomic E-state index is 10.9. The number of carbonyl (C=O) groups is 1. The molecule has 0 atom stereocenters. The fourth-order valence-corrected chi connectivity index (χ4v) is 1.15. The van der Waals surface area contributed by atoms with Crippen LogP contribution in [0.1, 0.15) is 12.5 Å². The van der Waals surface area contributed by atoms with Crippen molar-refractivity contribution in [1.82, 2.24) is 0 Å². The third kappa shape index (κ3) is 2.71. The number of nitrogens with zero attached hydrogens (tertiary/aromatic N) is 2. The van der Waals surface area contributed by atoms with Gasteiger partial charge in [-0.15, -0.1) is 4.91 Å². The molecule has 1 aromatic rings. The number of Topliss-reactive ketones (excluding diaryl/α,β-unsaturated/α-hetero) is 1. The zero-order valence-corrected chi connectivity index (χ0v) is 8.78. The summed E-state index contributed by atoms with van der Waals surface area (Å²) in [4.78, 5) is 31.1. The van der Waals surface area contributed by atoms with Crippen LogP contribution >= 0.6 is 0 Å². The van der Waals surface area contributed by atoms with Crippen LogP contribution in [0.2, 0.25) is 0 Å². The van der Waals surface area contributed by atoms with Gasteiger partial charge in [0.05, 0.1) is 4.92 Å². The summed E-state index contributed by atoms with van der Waals surface area (Å²) >= 11 is 0. The fraction of sp³-hybridized carbons (Fsp3) is 0.100. The van der Waals surface area contributed by atoms with Gasteiger partial charge in [0.25, 0.3) is 5.69 Å². The smallest absolute Gasteiger partial charge is 0.269 e. The highest BCUT2D eigenvalue weighted by atomic mass is 16.6. The summed E-state index contributed by atoms with van der Waals surface area (Å²) in [5, 5.41) is 22.4. The van der Waals surface area contributed by atoms with Gasteiger partial charge in [0.2, 0.25) is 0 Å². The second-order valence-corrected chi connectivity index (χ2v) is 3.15. The number of nitro groups is 1. The Labute approximate surface area is 95.5 Å². The van der Waals surface area contributed by atoms with E-state index in [0.717, 1.165) is 19.1 Å². The van der Waals surface area contributed by atoms with E-state index in [-0.39, 0.29) is 11.3 Å². The molecule has 7 heteroatoms. The van der Waals surface area contributed by atoms with Crippen molar-refractivity contribution in [2.24, 2.45) is 5.18 Å². The number of carbonyl (C=O) groups excluding carboxylic acids is 1. The van der Waals surface area contributed by atoms with Gasteiger partial charge in [-0.2, -0.15) is 0 Å². The quantitative estimate of drug-likeness (QED) is 0.283. The normalized spacial score (nSPS) is 11.6. The van der Waals surface area contributed by atoms with Gasteiger partial charge in [0.15, 0.2) is 17.2 Å². The molecule has 17 heavy (non-hydrogen) atoms. The van der Waals surface area contributed by atoms with Crippen LogP contribution in [0.15, 0.2) is 35.1 Å². The fourth-order valence-electron chi connectivity index (χ4n) is 1.15. The number of ketones is 1. The van der Waals surface area contributed by atoms with E-state index in [1.165, 1.54) is 12.1 Å². The molecular formula is C10H8N2O5. The van der Waals surface area contributed by atoms with E-state index in [1.807, 2.05) is 0 Å². The van der Waals surface area contributed by atoms with Gasteiger partial charge in [-0.25, -0.2) is 0 Å². The van der Waals surface area contributed by atoms with Crippen LogP contribution in [-0.2, 0) is 4.79 Å². The molecule has 0 saturated heterocycles. The highest BCUT2D eigenvalue weighted by molar-refractivity contribution is 5.99. The van der Waals surface area contributed by atoms with Crippen molar-refractivity contribution < 1.29 is 14.8 Å². The second kappa shape index (κ2) is 4.97. The summed E-state index contributed by atoms with van der Waals surface area (Å²) in [6.07, 6.45) is 0. The van der Waals surface area contributed by atoms with Gasteiger partial charge < -0.3 is 5.11 Å². The lowest BCUT2D eigenvalue weighted by molar-refractivity contribution is -0.384. The molecule has 88 valence electrons. The van der Waals surface area contributed by atoms with Gasteiger partial charge in [-0.05, 0) is 17.3 Å². The zero-order chi connectivity index (χ0) is 13.0. The lowest BCUT2D eigenvalue weighted by atomic mass is 10.1. The van der Waals surface area contributed by atoms with Crippen molar-refractivity contribution in [3.8, 4) is 0 Å². The number of hydrogen-bond donors (Lipinski definition) is 1. The molecule has 0 spiro atoms. The van der Waals surface area contributed by atoms with E-state index < -0.39 is 22.2 Å². The molecule has 0 aliphatic heterocycles. The average molecular weight is 236 g/mol. The van der Waals surface area contributed by atoms with E-state index in [9.17, 15) is 24.9 Å². The Bertz CT molecular complexity index is 504. The minimum Gasteiger partial charge on any atom is -0.505 e. The van der Waals surface area contributed by atoms with E-state index in [2.05, 4.69) is 5.18 Å². The van der Waals surface area contributed by atoms with Crippen LogP contribution in [0.3, 0.4) is 0 Å². The van der Waals surface area contributed by atoms with E-state index in [1.54, 1.807) is 0 Å². The molecule has 0 bridgehead atoms. The molecular weight excluding hydrogens is 228 g/mol. The lowest BCUT2D eigenvalue weighted by Gasteiger charge is -2.01.